The van der Waals surface area contributed by atoms with Crippen molar-refractivity contribution in [2.75, 3.05) is 0 Å². The zero-order chi connectivity index (χ0) is 57.2. The molecule has 0 bridgehead atoms. The molecule has 0 atom stereocenters. The monoisotopic (exact) mass is 1050 g/mol. The van der Waals surface area contributed by atoms with E-state index < -0.39 is 0 Å². The third kappa shape index (κ3) is 9.94. The molecule has 406 valence electrons. The largest absolute Gasteiger partial charge is 0.309 e. The predicted molar refractivity (Wildman–Crippen MR) is 340 cm³/mol. The molecule has 0 aliphatic rings. The van der Waals surface area contributed by atoms with Crippen molar-refractivity contribution in [3.8, 4) is 56.7 Å². The second kappa shape index (κ2) is 19.0. The van der Waals surface area contributed by atoms with E-state index in [1.54, 1.807) is 0 Å². The van der Waals surface area contributed by atoms with Gasteiger partial charge in [0.1, 0.15) is 0 Å². The minimum Gasteiger partial charge on any atom is -0.309 e. The highest BCUT2D eigenvalue weighted by Gasteiger charge is 2.28. The van der Waals surface area contributed by atoms with Gasteiger partial charge in [0.15, 0.2) is 17.5 Å². The van der Waals surface area contributed by atoms with Crippen molar-refractivity contribution in [1.82, 2.24) is 29.1 Å². The predicted octanol–water partition coefficient (Wildman–Crippen LogP) is 19.9. The van der Waals surface area contributed by atoms with Crippen LogP contribution in [0.3, 0.4) is 0 Å². The Hall–Kier alpha value is -7.70. The summed E-state index contributed by atoms with van der Waals surface area (Å²) >= 11 is 0. The maximum absolute atomic E-state index is 5.59. The van der Waals surface area contributed by atoms with Crippen LogP contribution in [0.5, 0.6) is 0 Å². The number of para-hydroxylation sites is 2. The van der Waals surface area contributed by atoms with Crippen LogP contribution in [0.4, 0.5) is 0 Å². The summed E-state index contributed by atoms with van der Waals surface area (Å²) < 4.78 is 4.88. The van der Waals surface area contributed by atoms with Gasteiger partial charge in [0.25, 0.3) is 0 Å². The van der Waals surface area contributed by atoms with Gasteiger partial charge in [-0.15, -0.1) is 0 Å². The van der Waals surface area contributed by atoms with Gasteiger partial charge in [-0.05, 0) is 151 Å². The zero-order valence-electron chi connectivity index (χ0n) is 50.7. The first-order valence-corrected chi connectivity index (χ1v) is 28.7. The van der Waals surface area contributed by atoms with E-state index in [2.05, 4.69) is 279 Å². The van der Waals surface area contributed by atoms with E-state index in [1.165, 1.54) is 54.9 Å². The summed E-state index contributed by atoms with van der Waals surface area (Å²) in [5.74, 6) is 1.90. The molecule has 7 aromatic carbocycles. The summed E-state index contributed by atoms with van der Waals surface area (Å²) in [6.07, 6.45) is 3.97. The Labute approximate surface area is 475 Å². The highest BCUT2D eigenvalue weighted by atomic mass is 15.0. The lowest BCUT2D eigenvalue weighted by Crippen LogP contribution is -2.17. The fourth-order valence-corrected chi connectivity index (χ4v) is 11.3. The molecule has 0 saturated heterocycles. The van der Waals surface area contributed by atoms with Crippen LogP contribution in [-0.2, 0) is 32.5 Å². The fraction of sp³-hybridized carbons (Fsp3) is 0.324. The first-order valence-electron chi connectivity index (χ1n) is 28.7. The van der Waals surface area contributed by atoms with Gasteiger partial charge in [0, 0.05) is 55.6 Å². The standard InChI is InChI=1S/C74H80N6/c1-69(2,3)48-28-31-63-58(42-48)59-43-49(70(4,5)6)29-32-64(59)79(63)62-30-27-45(39-57(62)56-33-34-75-44-65(56)80-60-25-21-19-23-54(60)55-24-20-22-26-61(55)80)66-76-67(46-35-50(71(7,8)9)40-51(36-46)72(10,11)12)78-68(77-66)47-37-52(73(13,14)15)41-53(38-47)74(16,17)18/h19-44H,1-18H3. The molecule has 0 radical (unpaired) electrons. The van der Waals surface area contributed by atoms with Crippen molar-refractivity contribution < 1.29 is 0 Å². The number of aromatic nitrogens is 6. The first-order chi connectivity index (χ1) is 37.4. The molecule has 4 heterocycles. The van der Waals surface area contributed by atoms with Crippen LogP contribution < -0.4 is 0 Å². The molecular formula is C74H80N6. The topological polar surface area (TPSA) is 61.4 Å². The van der Waals surface area contributed by atoms with Gasteiger partial charge in [0.05, 0.1) is 39.6 Å². The van der Waals surface area contributed by atoms with E-state index in [1.807, 2.05) is 12.4 Å². The van der Waals surface area contributed by atoms with Crippen LogP contribution in [0.15, 0.2) is 158 Å². The summed E-state index contributed by atoms with van der Waals surface area (Å²) in [5.41, 5.74) is 18.5. The zero-order valence-corrected chi connectivity index (χ0v) is 50.7. The molecule has 0 saturated carbocycles. The summed E-state index contributed by atoms with van der Waals surface area (Å²) in [6, 6.07) is 54.6. The van der Waals surface area contributed by atoms with Crippen molar-refractivity contribution in [3.05, 3.63) is 191 Å². The van der Waals surface area contributed by atoms with Gasteiger partial charge in [-0.1, -0.05) is 185 Å². The van der Waals surface area contributed by atoms with Crippen molar-refractivity contribution in [1.29, 1.82) is 0 Å². The number of hydrogen-bond acceptors (Lipinski definition) is 4. The van der Waals surface area contributed by atoms with Gasteiger partial charge in [-0.3, -0.25) is 4.98 Å². The lowest BCUT2D eigenvalue weighted by atomic mass is 9.79. The minimum atomic E-state index is -0.115. The number of fused-ring (bicyclic) bond motifs is 6. The average molecular weight is 1050 g/mol. The molecule has 0 N–H and O–H groups in total. The van der Waals surface area contributed by atoms with Crippen LogP contribution in [0, 0.1) is 0 Å². The fourth-order valence-electron chi connectivity index (χ4n) is 11.3. The number of rotatable bonds is 6. The maximum atomic E-state index is 5.59. The average Bonchev–Trinajstić information content (AvgIpc) is 3.93. The van der Waals surface area contributed by atoms with Crippen LogP contribution >= 0.6 is 0 Å². The van der Waals surface area contributed by atoms with Crippen LogP contribution in [0.1, 0.15) is 158 Å². The number of hydrogen-bond donors (Lipinski definition) is 0. The van der Waals surface area contributed by atoms with Crippen molar-refractivity contribution in [3.63, 3.8) is 0 Å². The maximum Gasteiger partial charge on any atom is 0.164 e. The molecule has 0 aliphatic heterocycles. The SMILES string of the molecule is CC(C)(C)c1cc(-c2nc(-c3cc(C(C)(C)C)cc(C(C)(C)C)c3)nc(-c3ccc(-n4c5ccc(C(C)(C)C)cc5c5cc(C(C)(C)C)ccc54)c(-c4ccncc4-n4c5ccccc5c5ccccc54)c3)n2)cc(C(C)(C)C)c1. The van der Waals surface area contributed by atoms with Crippen LogP contribution in [0.2, 0.25) is 0 Å². The Bertz CT molecular complexity index is 3950. The Balaban J connectivity index is 1.26. The lowest BCUT2D eigenvalue weighted by Gasteiger charge is -2.26. The van der Waals surface area contributed by atoms with Gasteiger partial charge in [0.2, 0.25) is 0 Å². The number of pyridine rings is 1. The summed E-state index contributed by atoms with van der Waals surface area (Å²) in [6.45, 7) is 41.3. The van der Waals surface area contributed by atoms with Gasteiger partial charge in [-0.2, -0.15) is 0 Å². The molecule has 6 nitrogen and oxygen atoms in total. The summed E-state index contributed by atoms with van der Waals surface area (Å²) in [4.78, 5) is 21.6. The first kappa shape index (κ1) is 54.3. The van der Waals surface area contributed by atoms with E-state index in [4.69, 9.17) is 19.9 Å². The smallest absolute Gasteiger partial charge is 0.164 e. The van der Waals surface area contributed by atoms with E-state index in [-0.39, 0.29) is 32.5 Å². The Morgan fingerprint density at radius 2 is 0.662 bits per heavy atom. The quantitative estimate of drug-likeness (QED) is 0.166. The number of benzene rings is 7. The lowest BCUT2D eigenvalue weighted by molar-refractivity contribution is 0.568. The molecule has 80 heavy (non-hydrogen) atoms. The van der Waals surface area contributed by atoms with E-state index in [0.717, 1.165) is 61.3 Å². The van der Waals surface area contributed by atoms with Gasteiger partial charge >= 0.3 is 0 Å². The molecular weight excluding hydrogens is 973 g/mol. The summed E-state index contributed by atoms with van der Waals surface area (Å²) in [5, 5.41) is 4.85. The number of nitrogens with zero attached hydrogens (tertiary/aromatic N) is 6. The Kier molecular flexibility index (Phi) is 12.9. The molecule has 0 aliphatic carbocycles. The van der Waals surface area contributed by atoms with Gasteiger partial charge < -0.3 is 9.13 Å². The van der Waals surface area contributed by atoms with Crippen molar-refractivity contribution in [2.45, 2.75) is 157 Å². The van der Waals surface area contributed by atoms with Crippen molar-refractivity contribution >= 4 is 43.6 Å². The van der Waals surface area contributed by atoms with Crippen molar-refractivity contribution in [2.24, 2.45) is 0 Å². The molecule has 6 heteroatoms. The summed E-state index contributed by atoms with van der Waals surface area (Å²) in [7, 11) is 0. The second-order valence-electron chi connectivity index (χ2n) is 28.7. The third-order valence-corrected chi connectivity index (χ3v) is 16.4. The highest BCUT2D eigenvalue weighted by Crippen LogP contribution is 2.45. The highest BCUT2D eigenvalue weighted by molar-refractivity contribution is 6.12. The minimum absolute atomic E-state index is 0.0433. The molecule has 11 aromatic rings. The Morgan fingerprint density at radius 1 is 0.287 bits per heavy atom. The van der Waals surface area contributed by atoms with E-state index in [0.29, 0.717) is 17.5 Å². The molecule has 4 aromatic heterocycles. The molecule has 0 unspecified atom stereocenters. The molecule has 0 spiro atoms. The molecule has 0 fully saturated rings. The third-order valence-electron chi connectivity index (χ3n) is 16.4. The van der Waals surface area contributed by atoms with E-state index in [9.17, 15) is 0 Å². The molecule has 0 amide bonds. The van der Waals surface area contributed by atoms with Crippen LogP contribution in [0.25, 0.3) is 100 Å². The van der Waals surface area contributed by atoms with Crippen LogP contribution in [-0.4, -0.2) is 29.1 Å². The van der Waals surface area contributed by atoms with E-state index >= 15 is 0 Å². The molecule has 11 rings (SSSR count). The van der Waals surface area contributed by atoms with Gasteiger partial charge in [-0.25, -0.2) is 15.0 Å². The second-order valence-corrected chi connectivity index (χ2v) is 28.7. The Morgan fingerprint density at radius 3 is 1.07 bits per heavy atom. The normalized spacial score (nSPS) is 13.1.